The molecule has 2 aromatic rings. The van der Waals surface area contributed by atoms with Crippen LogP contribution in [0.15, 0.2) is 24.3 Å². The lowest BCUT2D eigenvalue weighted by Crippen LogP contribution is -2.20. The SMILES string of the molecule is COC(=O)CCS(=O)(=O)Nc1nc2ccccc2nc1Cl. The summed E-state index contributed by atoms with van der Waals surface area (Å²) < 4.78 is 30.3. The number of carbonyl (C=O) groups excluding carboxylic acids is 1. The van der Waals surface area contributed by atoms with Crippen molar-refractivity contribution < 1.29 is 17.9 Å². The van der Waals surface area contributed by atoms with Crippen LogP contribution in [0, 0.1) is 0 Å². The summed E-state index contributed by atoms with van der Waals surface area (Å²) in [6, 6.07) is 6.92. The van der Waals surface area contributed by atoms with Gasteiger partial charge in [-0.2, -0.15) is 0 Å². The van der Waals surface area contributed by atoms with E-state index in [2.05, 4.69) is 19.4 Å². The maximum absolute atomic E-state index is 11.9. The number of nitrogens with one attached hydrogen (secondary N) is 1. The van der Waals surface area contributed by atoms with Gasteiger partial charge < -0.3 is 4.74 Å². The standard InChI is InChI=1S/C12H12ClN3O4S/c1-20-10(17)6-7-21(18,19)16-12-11(13)14-8-4-2-3-5-9(8)15-12/h2-5H,6-7H2,1H3,(H,15,16). The highest BCUT2D eigenvalue weighted by Crippen LogP contribution is 2.22. The van der Waals surface area contributed by atoms with Gasteiger partial charge in [0.25, 0.3) is 0 Å². The van der Waals surface area contributed by atoms with Crippen LogP contribution in [0.3, 0.4) is 0 Å². The molecule has 0 fully saturated rings. The molecule has 1 aromatic carbocycles. The third kappa shape index (κ3) is 4.02. The molecule has 0 amide bonds. The lowest BCUT2D eigenvalue weighted by molar-refractivity contribution is -0.140. The number of hydrogen-bond donors (Lipinski definition) is 1. The first-order chi connectivity index (χ1) is 9.91. The number of esters is 1. The van der Waals surface area contributed by atoms with Gasteiger partial charge in [0, 0.05) is 0 Å². The van der Waals surface area contributed by atoms with Crippen molar-refractivity contribution in [2.45, 2.75) is 6.42 Å². The number of benzene rings is 1. The fourth-order valence-corrected chi connectivity index (χ4v) is 2.77. The minimum absolute atomic E-state index is 0.0599. The van der Waals surface area contributed by atoms with E-state index < -0.39 is 21.7 Å². The van der Waals surface area contributed by atoms with Crippen LogP contribution in [0.1, 0.15) is 6.42 Å². The smallest absolute Gasteiger partial charge is 0.306 e. The highest BCUT2D eigenvalue weighted by Gasteiger charge is 2.17. The average Bonchev–Trinajstić information content (AvgIpc) is 2.45. The second kappa shape index (κ2) is 6.23. The van der Waals surface area contributed by atoms with Gasteiger partial charge in [0.05, 0.1) is 30.3 Å². The summed E-state index contributed by atoms with van der Waals surface area (Å²) in [7, 11) is -2.58. The largest absolute Gasteiger partial charge is 0.469 e. The molecule has 9 heteroatoms. The zero-order chi connectivity index (χ0) is 15.5. The summed E-state index contributed by atoms with van der Waals surface area (Å²) in [4.78, 5) is 19.1. The summed E-state index contributed by atoms with van der Waals surface area (Å²) in [5.41, 5.74) is 1.06. The molecule has 0 bridgehead atoms. The predicted octanol–water partition coefficient (Wildman–Crippen LogP) is 1.59. The van der Waals surface area contributed by atoms with Crippen LogP contribution in [0.25, 0.3) is 11.0 Å². The van der Waals surface area contributed by atoms with Crippen molar-refractivity contribution in [2.24, 2.45) is 0 Å². The third-order valence-electron chi connectivity index (χ3n) is 2.58. The first-order valence-corrected chi connectivity index (χ1v) is 7.94. The van der Waals surface area contributed by atoms with E-state index in [1.54, 1.807) is 24.3 Å². The van der Waals surface area contributed by atoms with Crippen molar-refractivity contribution in [1.82, 2.24) is 9.97 Å². The molecule has 0 aliphatic carbocycles. The number of aromatic nitrogens is 2. The molecule has 0 spiro atoms. The number of fused-ring (bicyclic) bond motifs is 1. The van der Waals surface area contributed by atoms with Gasteiger partial charge in [-0.05, 0) is 12.1 Å². The fraction of sp³-hybridized carbons (Fsp3) is 0.250. The van der Waals surface area contributed by atoms with Crippen LogP contribution >= 0.6 is 11.6 Å². The minimum Gasteiger partial charge on any atom is -0.469 e. The van der Waals surface area contributed by atoms with Gasteiger partial charge in [-0.3, -0.25) is 9.52 Å². The number of halogens is 1. The Hall–Kier alpha value is -1.93. The van der Waals surface area contributed by atoms with Crippen LogP contribution in [-0.2, 0) is 19.6 Å². The first-order valence-electron chi connectivity index (χ1n) is 5.91. The van der Waals surface area contributed by atoms with E-state index in [1.165, 1.54) is 7.11 Å². The maximum Gasteiger partial charge on any atom is 0.306 e. The Labute approximate surface area is 126 Å². The molecular formula is C12H12ClN3O4S. The van der Waals surface area contributed by atoms with Crippen LogP contribution in [0.4, 0.5) is 5.82 Å². The molecule has 0 unspecified atom stereocenters. The number of ether oxygens (including phenoxy) is 1. The van der Waals surface area contributed by atoms with Crippen LogP contribution in [-0.4, -0.2) is 37.2 Å². The predicted molar refractivity (Wildman–Crippen MR) is 78.6 cm³/mol. The molecule has 2 rings (SSSR count). The summed E-state index contributed by atoms with van der Waals surface area (Å²) >= 11 is 5.91. The second-order valence-electron chi connectivity index (χ2n) is 4.10. The number of carbonyl (C=O) groups is 1. The molecule has 0 aliphatic rings. The number of rotatable bonds is 5. The average molecular weight is 330 g/mol. The van der Waals surface area contributed by atoms with E-state index >= 15 is 0 Å². The lowest BCUT2D eigenvalue weighted by Gasteiger charge is -2.08. The monoisotopic (exact) mass is 329 g/mol. The zero-order valence-corrected chi connectivity index (χ0v) is 12.6. The topological polar surface area (TPSA) is 98.2 Å². The van der Waals surface area contributed by atoms with E-state index in [9.17, 15) is 13.2 Å². The van der Waals surface area contributed by atoms with Gasteiger partial charge in [-0.25, -0.2) is 18.4 Å². The highest BCUT2D eigenvalue weighted by molar-refractivity contribution is 7.92. The van der Waals surface area contributed by atoms with Gasteiger partial charge in [0.1, 0.15) is 0 Å². The Morgan fingerprint density at radius 2 is 1.90 bits per heavy atom. The minimum atomic E-state index is -3.77. The normalized spacial score (nSPS) is 11.3. The molecule has 0 saturated heterocycles. The van der Waals surface area contributed by atoms with Crippen molar-refractivity contribution in [3.05, 3.63) is 29.4 Å². The Bertz CT molecular complexity index is 779. The molecule has 1 aromatic heterocycles. The molecule has 7 nitrogen and oxygen atoms in total. The Morgan fingerprint density at radius 1 is 1.29 bits per heavy atom. The Balaban J connectivity index is 2.22. The Morgan fingerprint density at radius 3 is 2.52 bits per heavy atom. The maximum atomic E-state index is 11.9. The Kier molecular flexibility index (Phi) is 4.59. The van der Waals surface area contributed by atoms with E-state index in [0.29, 0.717) is 11.0 Å². The van der Waals surface area contributed by atoms with E-state index in [1.807, 2.05) is 0 Å². The van der Waals surface area contributed by atoms with Crippen molar-refractivity contribution in [1.29, 1.82) is 0 Å². The molecule has 0 radical (unpaired) electrons. The number of hydrogen-bond acceptors (Lipinski definition) is 6. The summed E-state index contributed by atoms with van der Waals surface area (Å²) in [5, 5.41) is -0.0599. The number of para-hydroxylation sites is 2. The van der Waals surface area contributed by atoms with Crippen LogP contribution in [0.2, 0.25) is 5.15 Å². The molecule has 21 heavy (non-hydrogen) atoms. The summed E-state index contributed by atoms with van der Waals surface area (Å²) in [6.07, 6.45) is -0.259. The van der Waals surface area contributed by atoms with Gasteiger partial charge in [0.15, 0.2) is 11.0 Å². The summed E-state index contributed by atoms with van der Waals surface area (Å²) in [5.74, 6) is -1.11. The van der Waals surface area contributed by atoms with E-state index in [0.717, 1.165) is 0 Å². The molecule has 0 atom stereocenters. The van der Waals surface area contributed by atoms with Gasteiger partial charge in [-0.1, -0.05) is 23.7 Å². The zero-order valence-electron chi connectivity index (χ0n) is 11.0. The molecule has 1 heterocycles. The third-order valence-corrected chi connectivity index (χ3v) is 4.09. The van der Waals surface area contributed by atoms with Crippen molar-refractivity contribution >= 4 is 44.4 Å². The van der Waals surface area contributed by atoms with Crippen LogP contribution in [0.5, 0.6) is 0 Å². The van der Waals surface area contributed by atoms with Gasteiger partial charge in [-0.15, -0.1) is 0 Å². The fourth-order valence-electron chi connectivity index (χ4n) is 1.56. The number of methoxy groups -OCH3 is 1. The van der Waals surface area contributed by atoms with Gasteiger partial charge in [0.2, 0.25) is 10.0 Å². The highest BCUT2D eigenvalue weighted by atomic mass is 35.5. The van der Waals surface area contributed by atoms with Crippen molar-refractivity contribution in [2.75, 3.05) is 17.6 Å². The molecule has 1 N–H and O–H groups in total. The second-order valence-corrected chi connectivity index (χ2v) is 6.30. The van der Waals surface area contributed by atoms with Crippen molar-refractivity contribution in [3.63, 3.8) is 0 Å². The molecule has 0 saturated carbocycles. The van der Waals surface area contributed by atoms with E-state index in [-0.39, 0.29) is 17.4 Å². The van der Waals surface area contributed by atoms with Crippen LogP contribution < -0.4 is 4.72 Å². The molecular weight excluding hydrogens is 318 g/mol. The lowest BCUT2D eigenvalue weighted by atomic mass is 10.3. The number of anilines is 1. The number of sulfonamides is 1. The van der Waals surface area contributed by atoms with E-state index in [4.69, 9.17) is 11.6 Å². The first kappa shape index (κ1) is 15.5. The molecule has 112 valence electrons. The summed E-state index contributed by atoms with van der Waals surface area (Å²) in [6.45, 7) is 0. The molecule has 0 aliphatic heterocycles. The van der Waals surface area contributed by atoms with Crippen molar-refractivity contribution in [3.8, 4) is 0 Å². The van der Waals surface area contributed by atoms with Gasteiger partial charge >= 0.3 is 5.97 Å². The number of nitrogens with zero attached hydrogens (tertiary/aromatic N) is 2. The quantitative estimate of drug-likeness (QED) is 0.836.